The van der Waals surface area contributed by atoms with Gasteiger partial charge in [0.1, 0.15) is 5.69 Å². The number of hydrogen-bond donors (Lipinski definition) is 2. The van der Waals surface area contributed by atoms with E-state index in [0.29, 0.717) is 5.69 Å². The molecule has 8 nitrogen and oxygen atoms in total. The van der Waals surface area contributed by atoms with E-state index >= 15 is 0 Å². The molecule has 1 unspecified atom stereocenters. The Morgan fingerprint density at radius 2 is 2.00 bits per heavy atom. The predicted molar refractivity (Wildman–Crippen MR) is 115 cm³/mol. The van der Waals surface area contributed by atoms with Crippen LogP contribution in [0.15, 0.2) is 30.6 Å². The molecule has 4 rings (SSSR count). The highest BCUT2D eigenvalue weighted by atomic mass is 16.2. The van der Waals surface area contributed by atoms with E-state index < -0.39 is 0 Å². The molecule has 1 atom stereocenters. The molecule has 2 aliphatic rings. The van der Waals surface area contributed by atoms with E-state index in [2.05, 4.69) is 36.5 Å². The van der Waals surface area contributed by atoms with Crippen LogP contribution >= 0.6 is 0 Å². The van der Waals surface area contributed by atoms with Gasteiger partial charge in [-0.25, -0.2) is 4.98 Å². The van der Waals surface area contributed by atoms with Crippen molar-refractivity contribution in [3.8, 4) is 0 Å². The van der Waals surface area contributed by atoms with Crippen LogP contribution in [-0.4, -0.2) is 59.9 Å². The fraction of sp³-hybridized carbons (Fsp3) is 0.455. The fourth-order valence-corrected chi connectivity index (χ4v) is 4.04. The first-order valence-electron chi connectivity index (χ1n) is 10.5. The van der Waals surface area contributed by atoms with E-state index in [4.69, 9.17) is 0 Å². The van der Waals surface area contributed by atoms with E-state index in [-0.39, 0.29) is 17.7 Å². The summed E-state index contributed by atoms with van der Waals surface area (Å²) in [7, 11) is 1.60. The summed E-state index contributed by atoms with van der Waals surface area (Å²) in [4.78, 5) is 37.3. The van der Waals surface area contributed by atoms with E-state index in [1.165, 1.54) is 0 Å². The standard InChI is InChI=1S/C22H28N6O2/c1-3-16-11-19-20(26-21(16)29)10-15(12-24-19)14-27-6-8-28(9-7-27)17-4-5-18(25-13-17)22(30)23-2/h4-5,10,12-13,16H,3,6-9,11,14H2,1-2H3,(H,23,30)(H,26,29). The molecule has 2 N–H and O–H groups in total. The summed E-state index contributed by atoms with van der Waals surface area (Å²) in [6.07, 6.45) is 5.27. The maximum atomic E-state index is 12.2. The third-order valence-corrected chi connectivity index (χ3v) is 5.94. The van der Waals surface area contributed by atoms with Gasteiger partial charge in [0, 0.05) is 58.3 Å². The number of pyridine rings is 2. The second kappa shape index (κ2) is 8.79. The van der Waals surface area contributed by atoms with Crippen molar-refractivity contribution in [2.75, 3.05) is 43.4 Å². The summed E-state index contributed by atoms with van der Waals surface area (Å²) >= 11 is 0. The average molecular weight is 409 g/mol. The molecule has 30 heavy (non-hydrogen) atoms. The molecule has 1 saturated heterocycles. The number of piperazine rings is 1. The Bertz CT molecular complexity index is 922. The second-order valence-electron chi connectivity index (χ2n) is 7.88. The first kappa shape index (κ1) is 20.3. The summed E-state index contributed by atoms with van der Waals surface area (Å²) in [5.74, 6) is -0.0381. The lowest BCUT2D eigenvalue weighted by atomic mass is 9.94. The predicted octanol–water partition coefficient (Wildman–Crippen LogP) is 1.68. The number of aromatic nitrogens is 2. The van der Waals surface area contributed by atoms with Crippen LogP contribution in [0.25, 0.3) is 0 Å². The molecule has 0 bridgehead atoms. The number of nitrogens with zero attached hydrogens (tertiary/aromatic N) is 4. The van der Waals surface area contributed by atoms with Crippen molar-refractivity contribution in [3.63, 3.8) is 0 Å². The largest absolute Gasteiger partial charge is 0.368 e. The van der Waals surface area contributed by atoms with E-state index in [1.807, 2.05) is 19.2 Å². The van der Waals surface area contributed by atoms with Gasteiger partial charge in [-0.3, -0.25) is 19.5 Å². The summed E-state index contributed by atoms with van der Waals surface area (Å²) in [6.45, 7) is 6.50. The summed E-state index contributed by atoms with van der Waals surface area (Å²) < 4.78 is 0. The molecular formula is C22H28N6O2. The molecule has 2 aromatic heterocycles. The Hall–Kier alpha value is -3.00. The third kappa shape index (κ3) is 4.28. The van der Waals surface area contributed by atoms with Crippen LogP contribution in [0.3, 0.4) is 0 Å². The molecule has 2 amide bonds. The fourth-order valence-electron chi connectivity index (χ4n) is 4.04. The smallest absolute Gasteiger partial charge is 0.269 e. The van der Waals surface area contributed by atoms with Crippen LogP contribution in [0.4, 0.5) is 11.4 Å². The minimum absolute atomic E-state index is 0.0313. The minimum Gasteiger partial charge on any atom is -0.368 e. The van der Waals surface area contributed by atoms with Crippen molar-refractivity contribution in [1.82, 2.24) is 20.2 Å². The van der Waals surface area contributed by atoms with Gasteiger partial charge in [0.2, 0.25) is 5.91 Å². The Morgan fingerprint density at radius 3 is 2.67 bits per heavy atom. The molecule has 2 aliphatic heterocycles. The summed E-state index contributed by atoms with van der Waals surface area (Å²) in [5, 5.41) is 5.61. The molecule has 0 saturated carbocycles. The van der Waals surface area contributed by atoms with Crippen LogP contribution in [0.1, 0.15) is 35.1 Å². The Morgan fingerprint density at radius 1 is 1.20 bits per heavy atom. The van der Waals surface area contributed by atoms with Crippen LogP contribution < -0.4 is 15.5 Å². The van der Waals surface area contributed by atoms with Gasteiger partial charge in [0.05, 0.1) is 23.3 Å². The van der Waals surface area contributed by atoms with Crippen LogP contribution in [0.2, 0.25) is 0 Å². The van der Waals surface area contributed by atoms with Gasteiger partial charge in [-0.1, -0.05) is 6.92 Å². The highest BCUT2D eigenvalue weighted by Gasteiger charge is 2.26. The third-order valence-electron chi connectivity index (χ3n) is 5.94. The van der Waals surface area contributed by atoms with E-state index in [9.17, 15) is 9.59 Å². The molecule has 158 valence electrons. The van der Waals surface area contributed by atoms with Crippen LogP contribution in [-0.2, 0) is 17.8 Å². The Kier molecular flexibility index (Phi) is 5.94. The number of carbonyl (C=O) groups excluding carboxylic acids is 2. The van der Waals surface area contributed by atoms with Gasteiger partial charge in [-0.05, 0) is 30.2 Å². The van der Waals surface area contributed by atoms with E-state index in [1.54, 1.807) is 19.3 Å². The molecule has 8 heteroatoms. The topological polar surface area (TPSA) is 90.5 Å². The van der Waals surface area contributed by atoms with Crippen molar-refractivity contribution in [2.45, 2.75) is 26.3 Å². The quantitative estimate of drug-likeness (QED) is 0.782. The average Bonchev–Trinajstić information content (AvgIpc) is 2.78. The van der Waals surface area contributed by atoms with Crippen molar-refractivity contribution >= 4 is 23.2 Å². The molecule has 1 fully saturated rings. The molecule has 4 heterocycles. The summed E-state index contributed by atoms with van der Waals surface area (Å²) in [5.41, 5.74) is 4.43. The second-order valence-corrected chi connectivity index (χ2v) is 7.88. The molecule has 0 radical (unpaired) electrons. The maximum Gasteiger partial charge on any atom is 0.269 e. The van der Waals surface area contributed by atoms with Crippen molar-refractivity contribution in [3.05, 3.63) is 47.5 Å². The zero-order valence-corrected chi connectivity index (χ0v) is 17.5. The van der Waals surface area contributed by atoms with Crippen molar-refractivity contribution in [1.29, 1.82) is 0 Å². The number of fused-ring (bicyclic) bond motifs is 1. The lowest BCUT2D eigenvalue weighted by molar-refractivity contribution is -0.120. The van der Waals surface area contributed by atoms with Gasteiger partial charge >= 0.3 is 0 Å². The van der Waals surface area contributed by atoms with Crippen LogP contribution in [0.5, 0.6) is 0 Å². The highest BCUT2D eigenvalue weighted by molar-refractivity contribution is 5.95. The normalized spacial score (nSPS) is 19.2. The molecule has 2 aromatic rings. The minimum atomic E-state index is -0.175. The van der Waals surface area contributed by atoms with Crippen LogP contribution in [0, 0.1) is 5.92 Å². The molecule has 0 aromatic carbocycles. The first-order chi connectivity index (χ1) is 14.6. The van der Waals surface area contributed by atoms with Crippen molar-refractivity contribution in [2.24, 2.45) is 5.92 Å². The first-order valence-corrected chi connectivity index (χ1v) is 10.5. The van der Waals surface area contributed by atoms with Gasteiger partial charge in [0.15, 0.2) is 0 Å². The Labute approximate surface area is 176 Å². The zero-order chi connectivity index (χ0) is 21.1. The molecule has 0 spiro atoms. The maximum absolute atomic E-state index is 12.2. The SMILES string of the molecule is CCC1Cc2ncc(CN3CCN(c4ccc(C(=O)NC)nc4)CC3)cc2NC1=O. The number of nitrogens with one attached hydrogen (secondary N) is 2. The van der Waals surface area contributed by atoms with Gasteiger partial charge in [-0.2, -0.15) is 0 Å². The monoisotopic (exact) mass is 408 g/mol. The van der Waals surface area contributed by atoms with Crippen molar-refractivity contribution < 1.29 is 9.59 Å². The van der Waals surface area contributed by atoms with Gasteiger partial charge in [-0.15, -0.1) is 0 Å². The number of hydrogen-bond acceptors (Lipinski definition) is 6. The Balaban J connectivity index is 1.34. The lowest BCUT2D eigenvalue weighted by Crippen LogP contribution is -2.46. The number of carbonyl (C=O) groups is 2. The molecule has 0 aliphatic carbocycles. The number of amides is 2. The number of rotatable bonds is 5. The number of anilines is 2. The zero-order valence-electron chi connectivity index (χ0n) is 17.5. The van der Waals surface area contributed by atoms with E-state index in [0.717, 1.165) is 68.2 Å². The molecular weight excluding hydrogens is 380 g/mol. The van der Waals surface area contributed by atoms with Gasteiger partial charge < -0.3 is 15.5 Å². The van der Waals surface area contributed by atoms with Gasteiger partial charge in [0.25, 0.3) is 5.91 Å². The lowest BCUT2D eigenvalue weighted by Gasteiger charge is -2.36. The highest BCUT2D eigenvalue weighted by Crippen LogP contribution is 2.27. The summed E-state index contributed by atoms with van der Waals surface area (Å²) in [6, 6.07) is 5.78.